The van der Waals surface area contributed by atoms with Crippen molar-refractivity contribution >= 4 is 40.0 Å². The lowest BCUT2D eigenvalue weighted by Gasteiger charge is -2.08. The first-order chi connectivity index (χ1) is 11.2. The third-order valence-corrected chi connectivity index (χ3v) is 5.15. The number of anilines is 2. The van der Waals surface area contributed by atoms with Crippen molar-refractivity contribution in [1.29, 1.82) is 0 Å². The SMILES string of the molecule is Cc1cc(NC(=O)CSc2nnc(NC[C@H]3CCCO3)s2)no1. The second-order valence-corrected chi connectivity index (χ2v) is 7.25. The molecule has 23 heavy (non-hydrogen) atoms. The molecule has 1 aliphatic rings. The molecule has 0 aromatic carbocycles. The second-order valence-electron chi connectivity index (χ2n) is 5.05. The predicted octanol–water partition coefficient (Wildman–Crippen LogP) is 2.16. The van der Waals surface area contributed by atoms with Crippen LogP contribution in [-0.2, 0) is 9.53 Å². The van der Waals surface area contributed by atoms with Gasteiger partial charge < -0.3 is 19.9 Å². The molecule has 8 nitrogen and oxygen atoms in total. The minimum absolute atomic E-state index is 0.160. The maximum atomic E-state index is 11.8. The molecule has 2 aromatic heterocycles. The van der Waals surface area contributed by atoms with Gasteiger partial charge in [0.25, 0.3) is 0 Å². The maximum Gasteiger partial charge on any atom is 0.236 e. The fourth-order valence-electron chi connectivity index (χ4n) is 2.08. The molecule has 1 saturated heterocycles. The van der Waals surface area contributed by atoms with Gasteiger partial charge in [-0.2, -0.15) is 0 Å². The highest BCUT2D eigenvalue weighted by Crippen LogP contribution is 2.26. The van der Waals surface area contributed by atoms with Gasteiger partial charge in [0, 0.05) is 19.2 Å². The quantitative estimate of drug-likeness (QED) is 0.729. The summed E-state index contributed by atoms with van der Waals surface area (Å²) in [5.41, 5.74) is 0. The first-order valence-corrected chi connectivity index (χ1v) is 9.04. The molecule has 3 rings (SSSR count). The second kappa shape index (κ2) is 7.75. The van der Waals surface area contributed by atoms with E-state index in [1.165, 1.54) is 23.1 Å². The number of hydrogen-bond acceptors (Lipinski definition) is 9. The molecule has 2 N–H and O–H groups in total. The Kier molecular flexibility index (Phi) is 5.47. The molecule has 1 atom stereocenters. The molecule has 2 aromatic rings. The van der Waals surface area contributed by atoms with Crippen LogP contribution in [0.15, 0.2) is 14.9 Å². The van der Waals surface area contributed by atoms with Crippen LogP contribution in [0.1, 0.15) is 18.6 Å². The average Bonchev–Trinajstić information content (AvgIpc) is 3.25. The summed E-state index contributed by atoms with van der Waals surface area (Å²) in [5.74, 6) is 1.16. The molecule has 124 valence electrons. The summed E-state index contributed by atoms with van der Waals surface area (Å²) in [6.07, 6.45) is 2.45. The van der Waals surface area contributed by atoms with Crippen LogP contribution in [-0.4, -0.2) is 46.3 Å². The normalized spacial score (nSPS) is 17.3. The highest BCUT2D eigenvalue weighted by atomic mass is 32.2. The minimum atomic E-state index is -0.160. The molecular formula is C13H17N5O3S2. The molecule has 0 spiro atoms. The number of ether oxygens (including phenoxy) is 1. The Labute approximate surface area is 141 Å². The highest BCUT2D eigenvalue weighted by molar-refractivity contribution is 8.01. The fourth-order valence-corrected chi connectivity index (χ4v) is 3.64. The Bertz CT molecular complexity index is 654. The molecule has 0 saturated carbocycles. The molecule has 0 aliphatic carbocycles. The van der Waals surface area contributed by atoms with Crippen LogP contribution in [0.5, 0.6) is 0 Å². The van der Waals surface area contributed by atoms with E-state index >= 15 is 0 Å². The predicted molar refractivity (Wildman–Crippen MR) is 88.0 cm³/mol. The molecule has 10 heteroatoms. The standard InChI is InChI=1S/C13H17N5O3S2/c1-8-5-10(18-21-8)15-11(19)7-22-13-17-16-12(23-13)14-6-9-3-2-4-20-9/h5,9H,2-4,6-7H2,1H3,(H,14,16)(H,15,18,19)/t9-/m1/s1. The maximum absolute atomic E-state index is 11.8. The van der Waals surface area contributed by atoms with Crippen LogP contribution >= 0.6 is 23.1 Å². The van der Waals surface area contributed by atoms with E-state index in [0.717, 1.165) is 35.5 Å². The van der Waals surface area contributed by atoms with Gasteiger partial charge in [0.05, 0.1) is 11.9 Å². The van der Waals surface area contributed by atoms with E-state index in [1.807, 2.05) is 0 Å². The lowest BCUT2D eigenvalue weighted by molar-refractivity contribution is -0.113. The van der Waals surface area contributed by atoms with Crippen molar-refractivity contribution in [2.45, 2.75) is 30.2 Å². The Morgan fingerprint density at radius 1 is 1.52 bits per heavy atom. The summed E-state index contributed by atoms with van der Waals surface area (Å²) >= 11 is 2.77. The van der Waals surface area contributed by atoms with E-state index in [4.69, 9.17) is 9.26 Å². The van der Waals surface area contributed by atoms with Crippen LogP contribution in [0.25, 0.3) is 0 Å². The Morgan fingerprint density at radius 2 is 2.43 bits per heavy atom. The van der Waals surface area contributed by atoms with Gasteiger partial charge in [0.2, 0.25) is 11.0 Å². The smallest absolute Gasteiger partial charge is 0.236 e. The molecule has 0 radical (unpaired) electrons. The van der Waals surface area contributed by atoms with Crippen LogP contribution in [0.3, 0.4) is 0 Å². The zero-order chi connectivity index (χ0) is 16.1. The van der Waals surface area contributed by atoms with Gasteiger partial charge in [-0.05, 0) is 19.8 Å². The third-order valence-electron chi connectivity index (χ3n) is 3.13. The van der Waals surface area contributed by atoms with E-state index in [1.54, 1.807) is 13.0 Å². The Balaban J connectivity index is 1.40. The molecule has 3 heterocycles. The number of carbonyl (C=O) groups excluding carboxylic acids is 1. The van der Waals surface area contributed by atoms with Gasteiger partial charge in [-0.3, -0.25) is 4.79 Å². The number of nitrogens with one attached hydrogen (secondary N) is 2. The van der Waals surface area contributed by atoms with Gasteiger partial charge in [-0.25, -0.2) is 0 Å². The average molecular weight is 355 g/mol. The van der Waals surface area contributed by atoms with Crippen molar-refractivity contribution in [3.63, 3.8) is 0 Å². The van der Waals surface area contributed by atoms with Gasteiger partial charge in [0.1, 0.15) is 5.76 Å². The lowest BCUT2D eigenvalue weighted by atomic mass is 10.2. The molecular weight excluding hydrogens is 338 g/mol. The summed E-state index contributed by atoms with van der Waals surface area (Å²) in [6.45, 7) is 3.35. The zero-order valence-electron chi connectivity index (χ0n) is 12.6. The van der Waals surface area contributed by atoms with E-state index in [-0.39, 0.29) is 17.8 Å². The number of thioether (sulfide) groups is 1. The van der Waals surface area contributed by atoms with Crippen molar-refractivity contribution in [3.8, 4) is 0 Å². The number of aromatic nitrogens is 3. The number of hydrogen-bond donors (Lipinski definition) is 2. The summed E-state index contributed by atoms with van der Waals surface area (Å²) < 4.78 is 11.2. The number of rotatable bonds is 7. The highest BCUT2D eigenvalue weighted by Gasteiger charge is 2.16. The van der Waals surface area contributed by atoms with Crippen molar-refractivity contribution < 1.29 is 14.1 Å². The van der Waals surface area contributed by atoms with Crippen LogP contribution < -0.4 is 10.6 Å². The van der Waals surface area contributed by atoms with Crippen molar-refractivity contribution in [2.24, 2.45) is 0 Å². The molecule has 1 aliphatic heterocycles. The summed E-state index contributed by atoms with van der Waals surface area (Å²) in [5, 5.41) is 18.5. The van der Waals surface area contributed by atoms with Gasteiger partial charge >= 0.3 is 0 Å². The summed E-state index contributed by atoms with van der Waals surface area (Å²) in [7, 11) is 0. The summed E-state index contributed by atoms with van der Waals surface area (Å²) in [4.78, 5) is 11.8. The lowest BCUT2D eigenvalue weighted by Crippen LogP contribution is -2.18. The van der Waals surface area contributed by atoms with E-state index < -0.39 is 0 Å². The number of nitrogens with zero attached hydrogens (tertiary/aromatic N) is 3. The van der Waals surface area contributed by atoms with E-state index in [0.29, 0.717) is 11.6 Å². The Morgan fingerprint density at radius 3 is 3.17 bits per heavy atom. The van der Waals surface area contributed by atoms with Crippen molar-refractivity contribution in [2.75, 3.05) is 29.5 Å². The van der Waals surface area contributed by atoms with Crippen molar-refractivity contribution in [3.05, 3.63) is 11.8 Å². The molecule has 0 bridgehead atoms. The molecule has 1 fully saturated rings. The van der Waals surface area contributed by atoms with Crippen LogP contribution in [0, 0.1) is 6.92 Å². The monoisotopic (exact) mass is 355 g/mol. The molecule has 0 unspecified atom stereocenters. The Hall–Kier alpha value is -1.65. The van der Waals surface area contributed by atoms with E-state index in [2.05, 4.69) is 26.0 Å². The van der Waals surface area contributed by atoms with Crippen molar-refractivity contribution in [1.82, 2.24) is 15.4 Å². The first-order valence-electron chi connectivity index (χ1n) is 7.24. The molecule has 1 amide bonds. The topological polar surface area (TPSA) is 102 Å². The summed E-state index contributed by atoms with van der Waals surface area (Å²) in [6, 6.07) is 1.67. The van der Waals surface area contributed by atoms with Gasteiger partial charge in [-0.15, -0.1) is 10.2 Å². The van der Waals surface area contributed by atoms with E-state index in [9.17, 15) is 4.79 Å². The van der Waals surface area contributed by atoms with Crippen LogP contribution in [0.4, 0.5) is 10.9 Å². The fraction of sp³-hybridized carbons (Fsp3) is 0.538. The third kappa shape index (κ3) is 4.91. The number of amides is 1. The first kappa shape index (κ1) is 16.2. The largest absolute Gasteiger partial charge is 0.376 e. The minimum Gasteiger partial charge on any atom is -0.376 e. The van der Waals surface area contributed by atoms with Gasteiger partial charge in [0.15, 0.2) is 10.2 Å². The number of aryl methyl sites for hydroxylation is 1. The van der Waals surface area contributed by atoms with Crippen LogP contribution in [0.2, 0.25) is 0 Å². The zero-order valence-corrected chi connectivity index (χ0v) is 14.2. The number of carbonyl (C=O) groups is 1. The van der Waals surface area contributed by atoms with Gasteiger partial charge in [-0.1, -0.05) is 28.3 Å².